The molecule has 2 atom stereocenters. The monoisotopic (exact) mass is 204 g/mol. The van der Waals surface area contributed by atoms with Crippen molar-refractivity contribution in [2.45, 2.75) is 12.2 Å². The van der Waals surface area contributed by atoms with Crippen LogP contribution < -0.4 is 0 Å². The highest BCUT2D eigenvalue weighted by Gasteiger charge is 2.40. The van der Waals surface area contributed by atoms with Crippen molar-refractivity contribution in [2.75, 3.05) is 20.8 Å². The minimum absolute atomic E-state index is 0.0787. The maximum absolute atomic E-state index is 11.1. The lowest BCUT2D eigenvalue weighted by Gasteiger charge is -2.16. The molecule has 6 heteroatoms. The quantitative estimate of drug-likeness (QED) is 0.558. The Hall–Kier alpha value is -1.27. The van der Waals surface area contributed by atoms with Crippen molar-refractivity contribution in [3.8, 4) is 0 Å². The average molecular weight is 204 g/mol. The Balaban J connectivity index is 2.92. The summed E-state index contributed by atoms with van der Waals surface area (Å²) in [7, 11) is 2.62. The van der Waals surface area contributed by atoms with Gasteiger partial charge < -0.3 is 24.4 Å². The Morgan fingerprint density at radius 2 is 2.14 bits per heavy atom. The molecule has 14 heavy (non-hydrogen) atoms. The van der Waals surface area contributed by atoms with Gasteiger partial charge in [0.05, 0.1) is 20.8 Å². The molecule has 1 rings (SSSR count). The van der Waals surface area contributed by atoms with Crippen molar-refractivity contribution in [1.29, 1.82) is 0 Å². The van der Waals surface area contributed by atoms with E-state index in [-0.39, 0.29) is 11.5 Å². The highest BCUT2D eigenvalue weighted by Crippen LogP contribution is 2.25. The SMILES string of the molecule is COC1=C(OC)[C@@H](C(O)CO)OC1=O. The summed E-state index contributed by atoms with van der Waals surface area (Å²) in [5, 5.41) is 18.0. The molecule has 0 amide bonds. The third kappa shape index (κ3) is 1.66. The first-order valence-electron chi connectivity index (χ1n) is 3.97. The van der Waals surface area contributed by atoms with E-state index in [0.717, 1.165) is 0 Å². The van der Waals surface area contributed by atoms with E-state index >= 15 is 0 Å². The fraction of sp³-hybridized carbons (Fsp3) is 0.625. The van der Waals surface area contributed by atoms with E-state index in [0.29, 0.717) is 0 Å². The largest absolute Gasteiger partial charge is 0.493 e. The van der Waals surface area contributed by atoms with Gasteiger partial charge in [0.1, 0.15) is 6.10 Å². The summed E-state index contributed by atoms with van der Waals surface area (Å²) in [5.41, 5.74) is 0. The maximum Gasteiger partial charge on any atom is 0.378 e. The van der Waals surface area contributed by atoms with E-state index in [1.807, 2.05) is 0 Å². The third-order valence-corrected chi connectivity index (χ3v) is 1.86. The molecule has 0 saturated carbocycles. The van der Waals surface area contributed by atoms with Crippen LogP contribution in [0.3, 0.4) is 0 Å². The van der Waals surface area contributed by atoms with Gasteiger partial charge in [-0.1, -0.05) is 0 Å². The van der Waals surface area contributed by atoms with Crippen LogP contribution in [0.25, 0.3) is 0 Å². The van der Waals surface area contributed by atoms with Crippen molar-refractivity contribution in [3.05, 3.63) is 11.5 Å². The lowest BCUT2D eigenvalue weighted by Crippen LogP contribution is -2.32. The topological polar surface area (TPSA) is 85.2 Å². The number of aliphatic hydroxyl groups is 2. The Bertz CT molecular complexity index is 259. The molecule has 1 unspecified atom stereocenters. The molecule has 0 aromatic rings. The molecule has 0 aromatic heterocycles. The summed E-state index contributed by atoms with van der Waals surface area (Å²) < 4.78 is 14.3. The highest BCUT2D eigenvalue weighted by molar-refractivity contribution is 5.89. The molecule has 6 nitrogen and oxygen atoms in total. The predicted octanol–water partition coefficient (Wildman–Crippen LogP) is -1.23. The summed E-state index contributed by atoms with van der Waals surface area (Å²) in [5.74, 6) is -0.689. The summed E-state index contributed by atoms with van der Waals surface area (Å²) in [6.07, 6.45) is -2.20. The smallest absolute Gasteiger partial charge is 0.378 e. The van der Waals surface area contributed by atoms with Crippen LogP contribution in [0.1, 0.15) is 0 Å². The van der Waals surface area contributed by atoms with E-state index in [2.05, 4.69) is 0 Å². The molecule has 0 radical (unpaired) electrons. The summed E-state index contributed by atoms with van der Waals surface area (Å²) in [4.78, 5) is 11.1. The summed E-state index contributed by atoms with van der Waals surface area (Å²) in [6, 6.07) is 0. The van der Waals surface area contributed by atoms with Crippen LogP contribution in [0.5, 0.6) is 0 Å². The lowest BCUT2D eigenvalue weighted by molar-refractivity contribution is -0.148. The molecule has 1 heterocycles. The van der Waals surface area contributed by atoms with E-state index in [1.54, 1.807) is 0 Å². The van der Waals surface area contributed by atoms with Crippen LogP contribution in [0.15, 0.2) is 11.5 Å². The van der Waals surface area contributed by atoms with Crippen molar-refractivity contribution >= 4 is 5.97 Å². The van der Waals surface area contributed by atoms with Crippen LogP contribution in [0.2, 0.25) is 0 Å². The fourth-order valence-electron chi connectivity index (χ4n) is 1.19. The van der Waals surface area contributed by atoms with E-state index in [9.17, 15) is 9.90 Å². The van der Waals surface area contributed by atoms with E-state index in [1.165, 1.54) is 14.2 Å². The molecular formula is C8H12O6. The number of carbonyl (C=O) groups excluding carboxylic acids is 1. The normalized spacial score (nSPS) is 23.4. The van der Waals surface area contributed by atoms with Crippen LogP contribution >= 0.6 is 0 Å². The predicted molar refractivity (Wildman–Crippen MR) is 44.0 cm³/mol. The van der Waals surface area contributed by atoms with Crippen molar-refractivity contribution in [1.82, 2.24) is 0 Å². The number of cyclic esters (lactones) is 1. The number of hydrogen-bond donors (Lipinski definition) is 2. The van der Waals surface area contributed by atoms with E-state index < -0.39 is 24.8 Å². The Labute approximate surface area is 80.7 Å². The first-order valence-corrected chi connectivity index (χ1v) is 3.97. The standard InChI is InChI=1S/C8H12O6/c1-12-6-5(4(10)3-9)14-8(11)7(6)13-2/h4-5,9-10H,3H2,1-2H3/t4?,5-/m1/s1. The maximum atomic E-state index is 11.1. The molecule has 0 bridgehead atoms. The molecule has 1 aliphatic rings. The lowest BCUT2D eigenvalue weighted by atomic mass is 10.2. The number of methoxy groups -OCH3 is 2. The molecule has 0 fully saturated rings. The molecule has 1 aliphatic heterocycles. The van der Waals surface area contributed by atoms with Gasteiger partial charge in [0, 0.05) is 0 Å². The zero-order chi connectivity index (χ0) is 10.7. The van der Waals surface area contributed by atoms with Crippen LogP contribution in [-0.4, -0.2) is 49.2 Å². The first kappa shape index (κ1) is 10.8. The molecule has 0 aliphatic carbocycles. The van der Waals surface area contributed by atoms with Crippen LogP contribution in [-0.2, 0) is 19.0 Å². The van der Waals surface area contributed by atoms with Gasteiger partial charge in [-0.25, -0.2) is 4.79 Å². The van der Waals surface area contributed by atoms with Crippen LogP contribution in [0, 0.1) is 0 Å². The van der Waals surface area contributed by atoms with Gasteiger partial charge in [0.15, 0.2) is 11.9 Å². The molecule has 0 saturated heterocycles. The molecule has 2 N–H and O–H groups in total. The van der Waals surface area contributed by atoms with Gasteiger partial charge >= 0.3 is 5.97 Å². The fourth-order valence-corrected chi connectivity index (χ4v) is 1.19. The Kier molecular flexibility index (Phi) is 3.32. The molecular weight excluding hydrogens is 192 g/mol. The van der Waals surface area contributed by atoms with Gasteiger partial charge in [0.2, 0.25) is 5.76 Å². The molecule has 0 aromatic carbocycles. The third-order valence-electron chi connectivity index (χ3n) is 1.86. The van der Waals surface area contributed by atoms with Crippen molar-refractivity contribution < 1.29 is 29.2 Å². The number of hydrogen-bond acceptors (Lipinski definition) is 6. The zero-order valence-electron chi connectivity index (χ0n) is 7.89. The van der Waals surface area contributed by atoms with Gasteiger partial charge in [0.25, 0.3) is 0 Å². The second-order valence-corrected chi connectivity index (χ2v) is 2.68. The minimum Gasteiger partial charge on any atom is -0.493 e. The number of rotatable bonds is 4. The highest BCUT2D eigenvalue weighted by atomic mass is 16.6. The second-order valence-electron chi connectivity index (χ2n) is 2.68. The van der Waals surface area contributed by atoms with Crippen molar-refractivity contribution in [3.63, 3.8) is 0 Å². The van der Waals surface area contributed by atoms with Gasteiger partial charge in [-0.2, -0.15) is 0 Å². The Morgan fingerprint density at radius 1 is 1.50 bits per heavy atom. The van der Waals surface area contributed by atoms with Crippen LogP contribution in [0.4, 0.5) is 0 Å². The van der Waals surface area contributed by atoms with Gasteiger partial charge in [-0.3, -0.25) is 0 Å². The number of ether oxygens (including phenoxy) is 3. The van der Waals surface area contributed by atoms with Crippen molar-refractivity contribution in [2.24, 2.45) is 0 Å². The van der Waals surface area contributed by atoms with Gasteiger partial charge in [-0.05, 0) is 0 Å². The molecule has 80 valence electrons. The van der Waals surface area contributed by atoms with Gasteiger partial charge in [-0.15, -0.1) is 0 Å². The summed E-state index contributed by atoms with van der Waals surface area (Å²) >= 11 is 0. The Morgan fingerprint density at radius 3 is 2.57 bits per heavy atom. The zero-order valence-corrected chi connectivity index (χ0v) is 7.89. The molecule has 0 spiro atoms. The van der Waals surface area contributed by atoms with E-state index in [4.69, 9.17) is 19.3 Å². The summed E-state index contributed by atoms with van der Waals surface area (Å²) in [6.45, 7) is -0.526. The second kappa shape index (κ2) is 4.30. The number of aliphatic hydroxyl groups excluding tert-OH is 2. The average Bonchev–Trinajstić information content (AvgIpc) is 2.53. The first-order chi connectivity index (χ1) is 6.65. The minimum atomic E-state index is -1.21. The number of esters is 1. The number of carbonyl (C=O) groups is 1.